The van der Waals surface area contributed by atoms with E-state index in [-0.39, 0.29) is 41.9 Å². The molecule has 0 aromatic heterocycles. The first-order valence-electron chi connectivity index (χ1n) is 8.54. The van der Waals surface area contributed by atoms with Crippen molar-refractivity contribution in [3.8, 4) is 0 Å². The molecule has 1 unspecified atom stereocenters. The SMILES string of the molecule is CN=C(NCc1ccc(COC(C)C)cc1)NC(C)CCS(C)(=O)=O.I. The maximum atomic E-state index is 11.2. The second-order valence-corrected chi connectivity index (χ2v) is 8.83. The van der Waals surface area contributed by atoms with Crippen molar-refractivity contribution in [2.75, 3.05) is 19.1 Å². The molecule has 6 nitrogen and oxygen atoms in total. The fourth-order valence-electron chi connectivity index (χ4n) is 2.09. The molecule has 8 heteroatoms. The third-order valence-corrected chi connectivity index (χ3v) is 4.57. The van der Waals surface area contributed by atoms with Gasteiger partial charge in [0.15, 0.2) is 5.96 Å². The van der Waals surface area contributed by atoms with Gasteiger partial charge in [0.1, 0.15) is 9.84 Å². The minimum atomic E-state index is -2.94. The van der Waals surface area contributed by atoms with E-state index in [1.54, 1.807) is 7.05 Å². The van der Waals surface area contributed by atoms with Crippen molar-refractivity contribution in [2.45, 2.75) is 52.5 Å². The number of hydrogen-bond acceptors (Lipinski definition) is 4. The zero-order valence-corrected chi connectivity index (χ0v) is 19.4. The molecule has 0 saturated heterocycles. The highest BCUT2D eigenvalue weighted by atomic mass is 127. The standard InChI is InChI=1S/C18H31N3O3S.HI/c1-14(2)24-13-17-8-6-16(7-9-17)12-20-18(19-4)21-15(3)10-11-25(5,22)23;/h6-9,14-15H,10-13H2,1-5H3,(H2,19,20,21);1H. The Balaban J connectivity index is 0.00000625. The Morgan fingerprint density at radius 1 is 1.15 bits per heavy atom. The summed E-state index contributed by atoms with van der Waals surface area (Å²) in [7, 11) is -1.24. The van der Waals surface area contributed by atoms with Crippen LogP contribution in [0.25, 0.3) is 0 Å². The highest BCUT2D eigenvalue weighted by Gasteiger charge is 2.09. The van der Waals surface area contributed by atoms with E-state index in [0.29, 0.717) is 25.5 Å². The Labute approximate surface area is 175 Å². The summed E-state index contributed by atoms with van der Waals surface area (Å²) >= 11 is 0. The predicted octanol–water partition coefficient (Wildman–Crippen LogP) is 2.72. The van der Waals surface area contributed by atoms with Gasteiger partial charge in [-0.2, -0.15) is 0 Å². The highest BCUT2D eigenvalue weighted by molar-refractivity contribution is 14.0. The average molecular weight is 497 g/mol. The van der Waals surface area contributed by atoms with Crippen LogP contribution in [0.1, 0.15) is 38.3 Å². The zero-order valence-electron chi connectivity index (χ0n) is 16.3. The Morgan fingerprint density at radius 2 is 1.73 bits per heavy atom. The molecule has 0 aliphatic heterocycles. The molecule has 0 spiro atoms. The molecule has 0 radical (unpaired) electrons. The fourth-order valence-corrected chi connectivity index (χ4v) is 2.87. The van der Waals surface area contributed by atoms with Crippen molar-refractivity contribution in [3.63, 3.8) is 0 Å². The summed E-state index contributed by atoms with van der Waals surface area (Å²) in [6.07, 6.45) is 2.02. The maximum Gasteiger partial charge on any atom is 0.191 e. The van der Waals surface area contributed by atoms with Gasteiger partial charge in [0.2, 0.25) is 0 Å². The number of sulfone groups is 1. The third-order valence-electron chi connectivity index (χ3n) is 3.59. The normalized spacial score (nSPS) is 13.2. The fraction of sp³-hybridized carbons (Fsp3) is 0.611. The van der Waals surface area contributed by atoms with Gasteiger partial charge in [0.25, 0.3) is 0 Å². The summed E-state index contributed by atoms with van der Waals surface area (Å²) in [5, 5.41) is 6.45. The minimum absolute atomic E-state index is 0. The van der Waals surface area contributed by atoms with Gasteiger partial charge in [0, 0.05) is 25.9 Å². The van der Waals surface area contributed by atoms with Gasteiger partial charge in [-0.1, -0.05) is 24.3 Å². The number of aliphatic imine (C=N–C) groups is 1. The van der Waals surface area contributed by atoms with E-state index >= 15 is 0 Å². The second kappa shape index (κ2) is 12.5. The summed E-state index contributed by atoms with van der Waals surface area (Å²) in [4.78, 5) is 4.18. The van der Waals surface area contributed by atoms with Crippen LogP contribution in [0, 0.1) is 0 Å². The summed E-state index contributed by atoms with van der Waals surface area (Å²) in [5.41, 5.74) is 2.29. The van der Waals surface area contributed by atoms with Crippen LogP contribution in [0.4, 0.5) is 0 Å². The molecule has 1 rings (SSSR count). The van der Waals surface area contributed by atoms with Crippen molar-refractivity contribution < 1.29 is 13.2 Å². The molecule has 0 saturated carbocycles. The predicted molar refractivity (Wildman–Crippen MR) is 119 cm³/mol. The first-order chi connectivity index (χ1) is 11.7. The molecule has 0 bridgehead atoms. The van der Waals surface area contributed by atoms with Crippen LogP contribution >= 0.6 is 24.0 Å². The largest absolute Gasteiger partial charge is 0.374 e. The molecule has 0 amide bonds. The van der Waals surface area contributed by atoms with Crippen molar-refractivity contribution in [3.05, 3.63) is 35.4 Å². The Bertz CT molecular complexity index is 646. The lowest BCUT2D eigenvalue weighted by Gasteiger charge is -2.17. The topological polar surface area (TPSA) is 79.8 Å². The number of halogens is 1. The average Bonchev–Trinajstić information content (AvgIpc) is 2.55. The van der Waals surface area contributed by atoms with Gasteiger partial charge in [-0.15, -0.1) is 24.0 Å². The van der Waals surface area contributed by atoms with E-state index in [2.05, 4.69) is 39.9 Å². The molecule has 1 aromatic rings. The van der Waals surface area contributed by atoms with Crippen LogP contribution in [-0.4, -0.2) is 45.6 Å². The molecule has 2 N–H and O–H groups in total. The van der Waals surface area contributed by atoms with Crippen LogP contribution < -0.4 is 10.6 Å². The molecule has 150 valence electrons. The molecule has 26 heavy (non-hydrogen) atoms. The molecule has 1 aromatic carbocycles. The summed E-state index contributed by atoms with van der Waals surface area (Å²) in [6, 6.07) is 8.27. The summed E-state index contributed by atoms with van der Waals surface area (Å²) in [6.45, 7) is 7.25. The molecule has 0 fully saturated rings. The highest BCUT2D eigenvalue weighted by Crippen LogP contribution is 2.07. The zero-order chi connectivity index (χ0) is 18.9. The van der Waals surface area contributed by atoms with Crippen LogP contribution in [0.15, 0.2) is 29.3 Å². The van der Waals surface area contributed by atoms with Crippen LogP contribution in [0.2, 0.25) is 0 Å². The Kier molecular flexibility index (Phi) is 12.1. The van der Waals surface area contributed by atoms with Crippen molar-refractivity contribution in [1.82, 2.24) is 10.6 Å². The number of ether oxygens (including phenoxy) is 1. The van der Waals surface area contributed by atoms with E-state index in [1.807, 2.05) is 20.8 Å². The quantitative estimate of drug-likeness (QED) is 0.312. The lowest BCUT2D eigenvalue weighted by atomic mass is 10.1. The van der Waals surface area contributed by atoms with Gasteiger partial charge in [0.05, 0.1) is 18.5 Å². The van der Waals surface area contributed by atoms with Crippen LogP contribution in [0.3, 0.4) is 0 Å². The lowest BCUT2D eigenvalue weighted by Crippen LogP contribution is -2.42. The van der Waals surface area contributed by atoms with E-state index in [0.717, 1.165) is 11.1 Å². The maximum absolute atomic E-state index is 11.2. The number of nitrogens with one attached hydrogen (secondary N) is 2. The first kappa shape index (κ1) is 25.1. The van der Waals surface area contributed by atoms with Gasteiger partial charge < -0.3 is 15.4 Å². The van der Waals surface area contributed by atoms with Gasteiger partial charge >= 0.3 is 0 Å². The molecule has 1 atom stereocenters. The van der Waals surface area contributed by atoms with Crippen LogP contribution in [0.5, 0.6) is 0 Å². The molecule has 0 aliphatic rings. The van der Waals surface area contributed by atoms with Crippen molar-refractivity contribution in [2.24, 2.45) is 4.99 Å². The first-order valence-corrected chi connectivity index (χ1v) is 10.6. The number of nitrogens with zero attached hydrogens (tertiary/aromatic N) is 1. The number of rotatable bonds is 9. The molecule has 0 heterocycles. The number of benzene rings is 1. The Hall–Kier alpha value is -0.870. The summed E-state index contributed by atoms with van der Waals surface area (Å²) in [5.74, 6) is 0.825. The summed E-state index contributed by atoms with van der Waals surface area (Å²) < 4.78 is 28.0. The molecule has 0 aliphatic carbocycles. The van der Waals surface area contributed by atoms with E-state index in [1.165, 1.54) is 6.26 Å². The third kappa shape index (κ3) is 11.7. The second-order valence-electron chi connectivity index (χ2n) is 6.57. The van der Waals surface area contributed by atoms with E-state index < -0.39 is 9.84 Å². The van der Waals surface area contributed by atoms with Gasteiger partial charge in [-0.05, 0) is 38.3 Å². The number of hydrogen-bond donors (Lipinski definition) is 2. The minimum Gasteiger partial charge on any atom is -0.374 e. The van der Waals surface area contributed by atoms with Gasteiger partial charge in [-0.25, -0.2) is 8.42 Å². The number of guanidine groups is 1. The molecular weight excluding hydrogens is 465 g/mol. The van der Waals surface area contributed by atoms with Crippen LogP contribution in [-0.2, 0) is 27.7 Å². The van der Waals surface area contributed by atoms with Gasteiger partial charge in [-0.3, -0.25) is 4.99 Å². The van der Waals surface area contributed by atoms with E-state index in [9.17, 15) is 8.42 Å². The molecular formula is C18H32IN3O3S. The van der Waals surface area contributed by atoms with Crippen molar-refractivity contribution >= 4 is 39.8 Å². The lowest BCUT2D eigenvalue weighted by molar-refractivity contribution is 0.0657. The van der Waals surface area contributed by atoms with E-state index in [4.69, 9.17) is 4.74 Å². The van der Waals surface area contributed by atoms with Crippen molar-refractivity contribution in [1.29, 1.82) is 0 Å². The Morgan fingerprint density at radius 3 is 2.23 bits per heavy atom. The smallest absolute Gasteiger partial charge is 0.191 e. The monoisotopic (exact) mass is 497 g/mol.